The summed E-state index contributed by atoms with van der Waals surface area (Å²) in [5.74, 6) is -0.984. The van der Waals surface area contributed by atoms with E-state index in [4.69, 9.17) is 17.2 Å². The molecule has 0 heterocycles. The topological polar surface area (TPSA) is 124 Å². The van der Waals surface area contributed by atoms with Gasteiger partial charge in [-0.1, -0.05) is 0 Å². The van der Waals surface area contributed by atoms with Gasteiger partial charge in [-0.3, -0.25) is 9.59 Å². The molecule has 0 aromatic rings. The van der Waals surface area contributed by atoms with Crippen LogP contribution in [-0.2, 0) is 9.59 Å². The molecule has 14 heavy (non-hydrogen) atoms. The Morgan fingerprint density at radius 1 is 1.36 bits per heavy atom. The quantitative estimate of drug-likeness (QED) is 0.399. The first-order valence-corrected chi connectivity index (χ1v) is 4.33. The van der Waals surface area contributed by atoms with Gasteiger partial charge in [-0.05, 0) is 13.8 Å². The Labute approximate surface area is 83.2 Å². The van der Waals surface area contributed by atoms with Gasteiger partial charge < -0.3 is 22.5 Å². The van der Waals surface area contributed by atoms with E-state index in [2.05, 4.69) is 5.32 Å². The first kappa shape index (κ1) is 12.9. The largest absolute Gasteiger partial charge is 0.370 e. The van der Waals surface area contributed by atoms with Gasteiger partial charge in [0.25, 0.3) is 0 Å². The minimum atomic E-state index is -0.748. The van der Waals surface area contributed by atoms with Crippen molar-refractivity contribution in [3.63, 3.8) is 0 Å². The summed E-state index contributed by atoms with van der Waals surface area (Å²) < 4.78 is 0. The lowest BCUT2D eigenvalue weighted by atomic mass is 10.00. The van der Waals surface area contributed by atoms with Crippen LogP contribution in [0.15, 0.2) is 0 Å². The second kappa shape index (κ2) is 4.92. The molecule has 0 aromatic heterocycles. The third-order valence-corrected chi connectivity index (χ3v) is 1.78. The summed E-state index contributed by atoms with van der Waals surface area (Å²) in [6.45, 7) is 3.83. The number of amides is 2. The van der Waals surface area contributed by atoms with Crippen LogP contribution in [0.2, 0.25) is 0 Å². The highest BCUT2D eigenvalue weighted by Crippen LogP contribution is 2.06. The first-order chi connectivity index (χ1) is 6.24. The smallest absolute Gasteiger partial charge is 0.235 e. The number of carbonyl (C=O) groups excluding carboxylic acids is 2. The molecule has 0 spiro atoms. The molecule has 0 aliphatic carbocycles. The van der Waals surface area contributed by atoms with E-state index in [1.165, 1.54) is 0 Å². The van der Waals surface area contributed by atoms with Crippen LogP contribution < -0.4 is 22.5 Å². The second-order valence-corrected chi connectivity index (χ2v) is 3.92. The highest BCUT2D eigenvalue weighted by molar-refractivity contribution is 5.79. The van der Waals surface area contributed by atoms with Crippen molar-refractivity contribution >= 4 is 11.8 Å². The van der Waals surface area contributed by atoms with Crippen LogP contribution in [0, 0.1) is 0 Å². The fourth-order valence-corrected chi connectivity index (χ4v) is 0.985. The first-order valence-electron chi connectivity index (χ1n) is 4.33. The zero-order valence-electron chi connectivity index (χ0n) is 8.54. The average Bonchev–Trinajstić information content (AvgIpc) is 1.97. The molecule has 0 radical (unpaired) electrons. The molecule has 0 aliphatic rings. The summed E-state index contributed by atoms with van der Waals surface area (Å²) in [6.07, 6.45) is 0.179. The van der Waals surface area contributed by atoms with Crippen LogP contribution >= 0.6 is 0 Å². The predicted molar refractivity (Wildman–Crippen MR) is 53.1 cm³/mol. The molecule has 0 bridgehead atoms. The van der Waals surface area contributed by atoms with E-state index in [0.29, 0.717) is 0 Å². The minimum Gasteiger partial charge on any atom is -0.370 e. The lowest BCUT2D eigenvalue weighted by Gasteiger charge is -2.25. The number of rotatable bonds is 6. The van der Waals surface area contributed by atoms with Crippen molar-refractivity contribution in [1.29, 1.82) is 0 Å². The molecule has 0 fully saturated rings. The maximum atomic E-state index is 10.7. The van der Waals surface area contributed by atoms with E-state index in [0.717, 1.165) is 0 Å². The van der Waals surface area contributed by atoms with Gasteiger partial charge in [0.2, 0.25) is 11.8 Å². The molecule has 6 nitrogen and oxygen atoms in total. The van der Waals surface area contributed by atoms with Crippen molar-refractivity contribution in [3.8, 4) is 0 Å². The summed E-state index contributed by atoms with van der Waals surface area (Å²) in [5.41, 5.74) is 14.9. The second-order valence-electron chi connectivity index (χ2n) is 3.92. The van der Waals surface area contributed by atoms with Crippen molar-refractivity contribution < 1.29 is 9.59 Å². The minimum absolute atomic E-state index is 0.179. The Morgan fingerprint density at radius 2 is 1.86 bits per heavy atom. The molecule has 0 rings (SSSR count). The van der Waals surface area contributed by atoms with E-state index in [-0.39, 0.29) is 13.0 Å². The fourth-order valence-electron chi connectivity index (χ4n) is 0.985. The average molecular weight is 202 g/mol. The Kier molecular flexibility index (Phi) is 4.52. The van der Waals surface area contributed by atoms with E-state index < -0.39 is 23.4 Å². The SMILES string of the molecule is CC(C)(CC(N)=O)NCC(N)C(N)=O. The Bertz CT molecular complexity index is 227. The lowest BCUT2D eigenvalue weighted by molar-refractivity contribution is -0.119. The van der Waals surface area contributed by atoms with Gasteiger partial charge in [0.15, 0.2) is 0 Å². The van der Waals surface area contributed by atoms with E-state index >= 15 is 0 Å². The zero-order valence-corrected chi connectivity index (χ0v) is 8.54. The number of nitrogens with one attached hydrogen (secondary N) is 1. The normalized spacial score (nSPS) is 13.6. The number of nitrogens with two attached hydrogens (primary N) is 3. The van der Waals surface area contributed by atoms with Crippen LogP contribution in [0.1, 0.15) is 20.3 Å². The molecule has 1 unspecified atom stereocenters. The van der Waals surface area contributed by atoms with E-state index in [1.807, 2.05) is 0 Å². The van der Waals surface area contributed by atoms with Gasteiger partial charge in [0.1, 0.15) is 0 Å². The summed E-state index contributed by atoms with van der Waals surface area (Å²) in [6, 6.07) is -0.748. The highest BCUT2D eigenvalue weighted by atomic mass is 16.1. The standard InChI is InChI=1S/C8H18N4O2/c1-8(2,3-6(10)13)12-4-5(9)7(11)14/h5,12H,3-4,9H2,1-2H3,(H2,10,13)(H2,11,14). The van der Waals surface area contributed by atoms with Crippen LogP contribution in [0.5, 0.6) is 0 Å². The summed E-state index contributed by atoms with van der Waals surface area (Å²) in [7, 11) is 0. The van der Waals surface area contributed by atoms with Crippen molar-refractivity contribution in [2.75, 3.05) is 6.54 Å². The van der Waals surface area contributed by atoms with Gasteiger partial charge in [-0.15, -0.1) is 0 Å². The molecule has 0 aromatic carbocycles. The zero-order chi connectivity index (χ0) is 11.4. The highest BCUT2D eigenvalue weighted by Gasteiger charge is 2.21. The van der Waals surface area contributed by atoms with E-state index in [1.54, 1.807) is 13.8 Å². The van der Waals surface area contributed by atoms with Gasteiger partial charge in [0.05, 0.1) is 6.04 Å². The maximum absolute atomic E-state index is 10.7. The summed E-state index contributed by atoms with van der Waals surface area (Å²) in [5, 5.41) is 2.94. The van der Waals surface area contributed by atoms with Crippen molar-refractivity contribution in [1.82, 2.24) is 5.32 Å². The molecule has 0 aliphatic heterocycles. The Morgan fingerprint density at radius 3 is 2.21 bits per heavy atom. The Balaban J connectivity index is 3.98. The number of primary amides is 2. The van der Waals surface area contributed by atoms with Crippen molar-refractivity contribution in [2.24, 2.45) is 17.2 Å². The number of hydrogen-bond acceptors (Lipinski definition) is 4. The summed E-state index contributed by atoms with van der Waals surface area (Å²) in [4.78, 5) is 21.3. The Hall–Kier alpha value is -1.14. The molecule has 6 heteroatoms. The van der Waals surface area contributed by atoms with E-state index in [9.17, 15) is 9.59 Å². The molecular weight excluding hydrogens is 184 g/mol. The third kappa shape index (κ3) is 5.50. The molecule has 2 amide bonds. The van der Waals surface area contributed by atoms with Gasteiger partial charge in [-0.25, -0.2) is 0 Å². The van der Waals surface area contributed by atoms with Crippen LogP contribution in [0.3, 0.4) is 0 Å². The maximum Gasteiger partial charge on any atom is 0.235 e. The molecule has 82 valence electrons. The van der Waals surface area contributed by atoms with Gasteiger partial charge >= 0.3 is 0 Å². The lowest BCUT2D eigenvalue weighted by Crippen LogP contribution is -2.51. The molecule has 0 saturated heterocycles. The van der Waals surface area contributed by atoms with Crippen LogP contribution in [0.25, 0.3) is 0 Å². The molecule has 7 N–H and O–H groups in total. The van der Waals surface area contributed by atoms with Crippen LogP contribution in [0.4, 0.5) is 0 Å². The van der Waals surface area contributed by atoms with Gasteiger partial charge in [-0.2, -0.15) is 0 Å². The van der Waals surface area contributed by atoms with Gasteiger partial charge in [0, 0.05) is 18.5 Å². The van der Waals surface area contributed by atoms with Crippen LogP contribution in [-0.4, -0.2) is 29.9 Å². The summed E-state index contributed by atoms with van der Waals surface area (Å²) >= 11 is 0. The predicted octanol–water partition coefficient (Wildman–Crippen LogP) is -1.96. The molecule has 1 atom stereocenters. The molecular formula is C8H18N4O2. The third-order valence-electron chi connectivity index (χ3n) is 1.78. The fraction of sp³-hybridized carbons (Fsp3) is 0.750. The monoisotopic (exact) mass is 202 g/mol. The van der Waals surface area contributed by atoms with Crippen molar-refractivity contribution in [2.45, 2.75) is 31.8 Å². The number of hydrogen-bond donors (Lipinski definition) is 4. The number of carbonyl (C=O) groups is 2. The molecule has 0 saturated carbocycles. The van der Waals surface area contributed by atoms with Crippen molar-refractivity contribution in [3.05, 3.63) is 0 Å².